The lowest BCUT2D eigenvalue weighted by atomic mass is 10.0. The van der Waals surface area contributed by atoms with E-state index in [4.69, 9.17) is 9.41 Å². The highest BCUT2D eigenvalue weighted by Crippen LogP contribution is 2.43. The molecule has 2 atom stereocenters. The molecule has 11 rings (SSSR count). The van der Waals surface area contributed by atoms with Crippen LogP contribution in [-0.2, 0) is 0 Å². The molecule has 1 aliphatic rings. The molecule has 0 aliphatic carbocycles. The summed E-state index contributed by atoms with van der Waals surface area (Å²) in [6.45, 7) is 0. The van der Waals surface area contributed by atoms with Gasteiger partial charge in [-0.3, -0.25) is 9.88 Å². The van der Waals surface area contributed by atoms with Crippen LogP contribution in [0.1, 0.15) is 23.5 Å². The van der Waals surface area contributed by atoms with Gasteiger partial charge in [-0.2, -0.15) is 0 Å². The zero-order valence-electron chi connectivity index (χ0n) is 27.5. The lowest BCUT2D eigenvalue weighted by molar-refractivity contribution is 0.405. The Morgan fingerprint density at radius 1 is 0.490 bits per heavy atom. The fraction of sp³-hybridized carbons (Fsp3) is 0.0444. The Morgan fingerprint density at radius 3 is 1.78 bits per heavy atom. The molecule has 7 aromatic carbocycles. The SMILES string of the molecule is c1ccc(C2N=C(n3c4ccccc4c4ccccc43)NC(c3cccc4oc5ccc6c7ccccc7n(-c7ccccc7)c6c5c34)N2)cc1. The fourth-order valence-corrected chi connectivity index (χ4v) is 8.24. The highest BCUT2D eigenvalue weighted by atomic mass is 16.3. The topological polar surface area (TPSA) is 59.4 Å². The average Bonchev–Trinajstić information content (AvgIpc) is 3.86. The monoisotopic (exact) mass is 657 g/mol. The molecule has 10 aromatic rings. The molecule has 4 heterocycles. The highest BCUT2D eigenvalue weighted by Gasteiger charge is 2.30. The second-order valence-corrected chi connectivity index (χ2v) is 13.2. The van der Waals surface area contributed by atoms with Crippen LogP contribution in [-0.4, -0.2) is 15.1 Å². The van der Waals surface area contributed by atoms with Gasteiger partial charge in [0.25, 0.3) is 0 Å². The van der Waals surface area contributed by atoms with E-state index in [-0.39, 0.29) is 12.3 Å². The molecule has 0 spiro atoms. The van der Waals surface area contributed by atoms with Gasteiger partial charge in [0.15, 0.2) is 0 Å². The zero-order chi connectivity index (χ0) is 33.5. The first-order chi connectivity index (χ1) is 25.3. The summed E-state index contributed by atoms with van der Waals surface area (Å²) in [5.74, 6) is 0.790. The summed E-state index contributed by atoms with van der Waals surface area (Å²) in [7, 11) is 0. The van der Waals surface area contributed by atoms with E-state index in [9.17, 15) is 0 Å². The van der Waals surface area contributed by atoms with Crippen molar-refractivity contribution in [2.24, 2.45) is 4.99 Å². The summed E-state index contributed by atoms with van der Waals surface area (Å²) in [6.07, 6.45) is -0.589. The highest BCUT2D eigenvalue weighted by molar-refractivity contribution is 6.25. The van der Waals surface area contributed by atoms with E-state index in [0.29, 0.717) is 0 Å². The molecular weight excluding hydrogens is 627 g/mol. The Hall–Kier alpha value is -6.63. The second kappa shape index (κ2) is 10.9. The normalized spacial score (nSPS) is 16.4. The number of aromatic nitrogens is 2. The van der Waals surface area contributed by atoms with Gasteiger partial charge in [0.1, 0.15) is 23.5 Å². The molecule has 1 aliphatic heterocycles. The van der Waals surface area contributed by atoms with Crippen molar-refractivity contribution in [1.29, 1.82) is 0 Å². The minimum atomic E-state index is -0.295. The Kier molecular flexibility index (Phi) is 6.05. The van der Waals surface area contributed by atoms with Crippen molar-refractivity contribution in [2.75, 3.05) is 0 Å². The van der Waals surface area contributed by atoms with Crippen molar-refractivity contribution >= 4 is 71.5 Å². The predicted octanol–water partition coefficient (Wildman–Crippen LogP) is 10.6. The van der Waals surface area contributed by atoms with E-state index in [1.54, 1.807) is 0 Å². The van der Waals surface area contributed by atoms with Crippen molar-refractivity contribution in [3.8, 4) is 5.69 Å². The zero-order valence-corrected chi connectivity index (χ0v) is 27.5. The number of furan rings is 1. The molecule has 51 heavy (non-hydrogen) atoms. The van der Waals surface area contributed by atoms with Crippen molar-refractivity contribution in [3.63, 3.8) is 0 Å². The van der Waals surface area contributed by atoms with E-state index in [1.807, 2.05) is 0 Å². The Bertz CT molecular complexity index is 2930. The molecule has 0 amide bonds. The summed E-state index contributed by atoms with van der Waals surface area (Å²) >= 11 is 0. The smallest absolute Gasteiger partial charge is 0.206 e. The van der Waals surface area contributed by atoms with Gasteiger partial charge in [-0.15, -0.1) is 0 Å². The maximum Gasteiger partial charge on any atom is 0.206 e. The summed E-state index contributed by atoms with van der Waals surface area (Å²) in [5.41, 5.74) is 9.53. The molecule has 242 valence electrons. The van der Waals surface area contributed by atoms with Crippen molar-refractivity contribution < 1.29 is 4.42 Å². The predicted molar refractivity (Wildman–Crippen MR) is 209 cm³/mol. The number of nitrogens with one attached hydrogen (secondary N) is 2. The lowest BCUT2D eigenvalue weighted by Gasteiger charge is -2.33. The largest absolute Gasteiger partial charge is 0.456 e. The third kappa shape index (κ3) is 4.17. The number of rotatable bonds is 3. The molecule has 0 bridgehead atoms. The number of hydrogen-bond donors (Lipinski definition) is 2. The quantitative estimate of drug-likeness (QED) is 0.199. The average molecular weight is 658 g/mol. The van der Waals surface area contributed by atoms with Crippen LogP contribution in [0.2, 0.25) is 0 Å². The van der Waals surface area contributed by atoms with E-state index < -0.39 is 0 Å². The van der Waals surface area contributed by atoms with Gasteiger partial charge in [0.2, 0.25) is 5.96 Å². The summed E-state index contributed by atoms with van der Waals surface area (Å²) in [4.78, 5) is 5.36. The fourth-order valence-electron chi connectivity index (χ4n) is 8.24. The number of hydrogen-bond acceptors (Lipinski definition) is 4. The molecule has 0 fully saturated rings. The number of aliphatic imine (C=N–C) groups is 1. The number of fused-ring (bicyclic) bond motifs is 10. The third-order valence-electron chi connectivity index (χ3n) is 10.4. The molecule has 3 aromatic heterocycles. The molecule has 6 heteroatoms. The lowest BCUT2D eigenvalue weighted by Crippen LogP contribution is -2.47. The van der Waals surface area contributed by atoms with Crippen LogP contribution in [0.3, 0.4) is 0 Å². The summed E-state index contributed by atoms with van der Waals surface area (Å²) in [5, 5.41) is 14.7. The van der Waals surface area contributed by atoms with Crippen LogP contribution >= 0.6 is 0 Å². The number of para-hydroxylation sites is 4. The maximum absolute atomic E-state index is 6.70. The van der Waals surface area contributed by atoms with Crippen LogP contribution in [0.4, 0.5) is 0 Å². The summed E-state index contributed by atoms with van der Waals surface area (Å²) in [6, 6.07) is 57.6. The van der Waals surface area contributed by atoms with Gasteiger partial charge in [-0.05, 0) is 54.1 Å². The molecule has 2 N–H and O–H groups in total. The first-order valence-electron chi connectivity index (χ1n) is 17.4. The van der Waals surface area contributed by atoms with Gasteiger partial charge < -0.3 is 14.3 Å². The second-order valence-electron chi connectivity index (χ2n) is 13.2. The Morgan fingerprint density at radius 2 is 1.08 bits per heavy atom. The van der Waals surface area contributed by atoms with Crippen LogP contribution < -0.4 is 10.6 Å². The van der Waals surface area contributed by atoms with Crippen molar-refractivity contribution in [1.82, 2.24) is 19.8 Å². The van der Waals surface area contributed by atoms with Gasteiger partial charge in [-0.1, -0.05) is 115 Å². The molecule has 0 saturated heterocycles. The maximum atomic E-state index is 6.70. The van der Waals surface area contributed by atoms with Crippen LogP contribution in [0.15, 0.2) is 173 Å². The van der Waals surface area contributed by atoms with E-state index in [0.717, 1.165) is 66.8 Å². The van der Waals surface area contributed by atoms with Gasteiger partial charge >= 0.3 is 0 Å². The Labute approximate surface area is 292 Å². The van der Waals surface area contributed by atoms with Crippen molar-refractivity contribution in [2.45, 2.75) is 12.3 Å². The van der Waals surface area contributed by atoms with Gasteiger partial charge in [-0.25, -0.2) is 4.99 Å². The van der Waals surface area contributed by atoms with Gasteiger partial charge in [0, 0.05) is 38.2 Å². The molecule has 0 saturated carbocycles. The van der Waals surface area contributed by atoms with Crippen LogP contribution in [0.5, 0.6) is 0 Å². The molecular formula is C45H31N5O. The van der Waals surface area contributed by atoms with Gasteiger partial charge in [0.05, 0.1) is 27.5 Å². The number of nitrogens with zero attached hydrogens (tertiary/aromatic N) is 3. The Balaban J connectivity index is 1.19. The van der Waals surface area contributed by atoms with Crippen LogP contribution in [0.25, 0.3) is 71.2 Å². The van der Waals surface area contributed by atoms with E-state index in [1.165, 1.54) is 21.5 Å². The van der Waals surface area contributed by atoms with E-state index >= 15 is 0 Å². The number of benzene rings is 7. The van der Waals surface area contributed by atoms with Crippen LogP contribution in [0, 0.1) is 0 Å². The third-order valence-corrected chi connectivity index (χ3v) is 10.4. The van der Waals surface area contributed by atoms with E-state index in [2.05, 4.69) is 184 Å². The molecule has 0 radical (unpaired) electrons. The minimum Gasteiger partial charge on any atom is -0.456 e. The summed E-state index contributed by atoms with van der Waals surface area (Å²) < 4.78 is 11.4. The first kappa shape index (κ1) is 28.2. The standard InChI is InChI=1S/C45H31N5O/c1-3-14-28(15-4-1)43-46-44(48-45(47-43)50-36-23-11-7-18-30(36)31-19-8-12-24-37(31)50)34-21-13-25-38-40(34)41-39(51-38)27-26-33-32-20-9-10-22-35(32)49(42(33)41)29-16-5-2-6-17-29/h1-27,43-44,46H,(H,47,48). The molecule has 6 nitrogen and oxygen atoms in total. The first-order valence-corrected chi connectivity index (χ1v) is 17.4. The molecule has 2 unspecified atom stereocenters. The van der Waals surface area contributed by atoms with Crippen molar-refractivity contribution in [3.05, 3.63) is 175 Å². The minimum absolute atomic E-state index is 0.294.